The van der Waals surface area contributed by atoms with Crippen LogP contribution in [-0.4, -0.2) is 57.9 Å². The van der Waals surface area contributed by atoms with E-state index >= 15 is 0 Å². The second-order valence-corrected chi connectivity index (χ2v) is 15.2. The van der Waals surface area contributed by atoms with Crippen LogP contribution in [0.4, 0.5) is 0 Å². The number of hydrogen-bond donors (Lipinski definition) is 5. The molecule has 0 spiro atoms. The lowest BCUT2D eigenvalue weighted by Crippen LogP contribution is -2.46. The van der Waals surface area contributed by atoms with Crippen molar-refractivity contribution in [2.24, 2.45) is 0 Å². The van der Waals surface area contributed by atoms with Crippen molar-refractivity contribution in [3.63, 3.8) is 0 Å². The van der Waals surface area contributed by atoms with Crippen molar-refractivity contribution in [1.29, 1.82) is 0 Å². The SMILES string of the molecule is O=C(CCCCCCC(=O)NCc1cccc(-c2cccc([C@H]3O[C@@H](CN4CCC(O)(c5ccc(Cl)cc5)CC4)C[C@@H](c4ccc(CO)cc4)O3)c2)c1)NO. The molecule has 2 saturated heterocycles. The highest BCUT2D eigenvalue weighted by molar-refractivity contribution is 6.30. The van der Waals surface area contributed by atoms with Crippen LogP contribution in [0.25, 0.3) is 11.1 Å². The van der Waals surface area contributed by atoms with E-state index in [1.165, 1.54) is 0 Å². The number of piperidine rings is 1. The summed E-state index contributed by atoms with van der Waals surface area (Å²) in [5.74, 6) is -0.397. The van der Waals surface area contributed by atoms with Crippen LogP contribution >= 0.6 is 11.6 Å². The molecule has 0 aromatic heterocycles. The highest BCUT2D eigenvalue weighted by Gasteiger charge is 2.37. The van der Waals surface area contributed by atoms with E-state index in [0.717, 1.165) is 71.3 Å². The second kappa shape index (κ2) is 19.6. The Morgan fingerprint density at radius 3 is 2.15 bits per heavy atom. The third kappa shape index (κ3) is 11.5. The number of hydrogen-bond acceptors (Lipinski definition) is 8. The summed E-state index contributed by atoms with van der Waals surface area (Å²) < 4.78 is 13.4. The number of unbranched alkanes of at least 4 members (excludes halogenated alkanes) is 3. The Hall–Kier alpha value is -4.13. The Bertz CT molecular complexity index is 1850. The molecular weight excluding hydrogens is 718 g/mol. The van der Waals surface area contributed by atoms with Crippen LogP contribution in [0.5, 0.6) is 0 Å². The summed E-state index contributed by atoms with van der Waals surface area (Å²) in [6.45, 7) is 2.58. The van der Waals surface area contributed by atoms with Gasteiger partial charge in [0, 0.05) is 56.0 Å². The molecule has 0 aliphatic carbocycles. The van der Waals surface area contributed by atoms with Crippen molar-refractivity contribution in [2.45, 2.75) is 95.0 Å². The zero-order valence-corrected chi connectivity index (χ0v) is 31.9. The molecule has 2 aliphatic rings. The van der Waals surface area contributed by atoms with Crippen LogP contribution in [0, 0.1) is 0 Å². The molecule has 2 amide bonds. The van der Waals surface area contributed by atoms with Crippen LogP contribution in [-0.2, 0) is 37.8 Å². The fourth-order valence-corrected chi connectivity index (χ4v) is 7.60. The Morgan fingerprint density at radius 1 is 0.782 bits per heavy atom. The molecule has 2 aliphatic heterocycles. The Labute approximate surface area is 328 Å². The summed E-state index contributed by atoms with van der Waals surface area (Å²) in [5.41, 5.74) is 7.46. The van der Waals surface area contributed by atoms with Crippen LogP contribution < -0.4 is 10.8 Å². The summed E-state index contributed by atoms with van der Waals surface area (Å²) in [4.78, 5) is 26.0. The van der Waals surface area contributed by atoms with E-state index in [1.807, 2.05) is 72.8 Å². The number of carbonyl (C=O) groups is 2. The number of rotatable bonds is 16. The number of amides is 2. The van der Waals surface area contributed by atoms with Crippen LogP contribution in [0.3, 0.4) is 0 Å². The van der Waals surface area contributed by atoms with Crippen molar-refractivity contribution >= 4 is 23.4 Å². The van der Waals surface area contributed by atoms with Gasteiger partial charge in [0.1, 0.15) is 0 Å². The molecule has 0 radical (unpaired) electrons. The summed E-state index contributed by atoms with van der Waals surface area (Å²) >= 11 is 6.10. The maximum Gasteiger partial charge on any atom is 0.243 e. The predicted octanol–water partition coefficient (Wildman–Crippen LogP) is 7.49. The maximum absolute atomic E-state index is 12.5. The van der Waals surface area contributed by atoms with Gasteiger partial charge in [-0.25, -0.2) is 5.48 Å². The summed E-state index contributed by atoms with van der Waals surface area (Å²) in [7, 11) is 0. The lowest BCUT2D eigenvalue weighted by atomic mass is 9.84. The van der Waals surface area contributed by atoms with Gasteiger partial charge in [-0.15, -0.1) is 0 Å². The number of aliphatic hydroxyl groups excluding tert-OH is 1. The van der Waals surface area contributed by atoms with Crippen LogP contribution in [0.15, 0.2) is 97.1 Å². The average molecular weight is 770 g/mol. The molecular formula is C44H52ClN3O7. The number of nitrogens with zero attached hydrogens (tertiary/aromatic N) is 1. The molecule has 5 N–H and O–H groups in total. The first-order valence-electron chi connectivity index (χ1n) is 19.3. The zero-order valence-electron chi connectivity index (χ0n) is 31.2. The van der Waals surface area contributed by atoms with E-state index in [4.69, 9.17) is 26.3 Å². The molecule has 11 heteroatoms. The minimum absolute atomic E-state index is 0.0102. The maximum atomic E-state index is 12.5. The fraction of sp³-hybridized carbons (Fsp3) is 0.409. The largest absolute Gasteiger partial charge is 0.392 e. The number of carbonyl (C=O) groups excluding carboxylic acids is 2. The first-order valence-corrected chi connectivity index (χ1v) is 19.7. The Kier molecular flexibility index (Phi) is 14.5. The molecule has 4 aromatic carbocycles. The molecule has 3 atom stereocenters. The van der Waals surface area contributed by atoms with Crippen molar-refractivity contribution in [2.75, 3.05) is 19.6 Å². The lowest BCUT2D eigenvalue weighted by Gasteiger charge is -2.42. The minimum atomic E-state index is -0.884. The zero-order chi connectivity index (χ0) is 38.6. The molecule has 0 saturated carbocycles. The van der Waals surface area contributed by atoms with Gasteiger partial charge in [0.15, 0.2) is 6.29 Å². The van der Waals surface area contributed by atoms with Gasteiger partial charge in [-0.2, -0.15) is 0 Å². The molecule has 55 heavy (non-hydrogen) atoms. The molecule has 0 unspecified atom stereocenters. The fourth-order valence-electron chi connectivity index (χ4n) is 7.47. The second-order valence-electron chi connectivity index (χ2n) is 14.7. The third-order valence-corrected chi connectivity index (χ3v) is 11.0. The number of aliphatic hydroxyl groups is 2. The smallest absolute Gasteiger partial charge is 0.243 e. The van der Waals surface area contributed by atoms with E-state index in [1.54, 1.807) is 5.48 Å². The van der Waals surface area contributed by atoms with Gasteiger partial charge in [0.2, 0.25) is 11.8 Å². The van der Waals surface area contributed by atoms with E-state index in [-0.39, 0.29) is 37.0 Å². The minimum Gasteiger partial charge on any atom is -0.392 e. The summed E-state index contributed by atoms with van der Waals surface area (Å²) in [5, 5.41) is 33.4. The predicted molar refractivity (Wildman–Crippen MR) is 211 cm³/mol. The van der Waals surface area contributed by atoms with Gasteiger partial charge in [0.05, 0.1) is 24.4 Å². The molecule has 4 aromatic rings. The van der Waals surface area contributed by atoms with Crippen molar-refractivity contribution in [3.8, 4) is 11.1 Å². The third-order valence-electron chi connectivity index (χ3n) is 10.7. The Morgan fingerprint density at radius 2 is 1.45 bits per heavy atom. The molecule has 10 nitrogen and oxygen atoms in total. The van der Waals surface area contributed by atoms with E-state index in [2.05, 4.69) is 34.5 Å². The van der Waals surface area contributed by atoms with Crippen molar-refractivity contribution in [3.05, 3.63) is 130 Å². The van der Waals surface area contributed by atoms with Gasteiger partial charge in [-0.05, 0) is 83.3 Å². The van der Waals surface area contributed by atoms with Gasteiger partial charge in [-0.1, -0.05) is 97.2 Å². The number of nitrogens with one attached hydrogen (secondary N) is 2. The Balaban J connectivity index is 1.09. The topological polar surface area (TPSA) is 141 Å². The van der Waals surface area contributed by atoms with E-state index in [0.29, 0.717) is 50.2 Å². The normalized spacial score (nSPS) is 19.8. The van der Waals surface area contributed by atoms with Crippen LogP contribution in [0.2, 0.25) is 5.02 Å². The van der Waals surface area contributed by atoms with Gasteiger partial charge < -0.3 is 29.9 Å². The van der Waals surface area contributed by atoms with Crippen molar-refractivity contribution in [1.82, 2.24) is 15.7 Å². The number of ether oxygens (including phenoxy) is 2. The van der Waals surface area contributed by atoms with E-state index < -0.39 is 11.9 Å². The molecule has 0 bridgehead atoms. The van der Waals surface area contributed by atoms with E-state index in [9.17, 15) is 19.8 Å². The lowest BCUT2D eigenvalue weighted by molar-refractivity contribution is -0.253. The number of hydroxylamine groups is 1. The number of benzene rings is 4. The summed E-state index contributed by atoms with van der Waals surface area (Å²) in [6, 6.07) is 31.7. The highest BCUT2D eigenvalue weighted by atomic mass is 35.5. The summed E-state index contributed by atoms with van der Waals surface area (Å²) in [6.07, 6.45) is 4.77. The number of likely N-dealkylation sites (tertiary alicyclic amines) is 1. The highest BCUT2D eigenvalue weighted by Crippen LogP contribution is 2.40. The first kappa shape index (κ1) is 40.5. The van der Waals surface area contributed by atoms with Gasteiger partial charge in [0.25, 0.3) is 0 Å². The average Bonchev–Trinajstić information content (AvgIpc) is 3.22. The standard InChI is InChI=1S/C44H52ClN3O7/c45-38-19-17-37(18-20-38)44(52)21-23-48(24-22-44)29-39-27-40(33-15-13-31(30-49)14-16-33)55-43(54-39)36-10-6-9-35(26-36)34-8-5-7-32(25-34)28-46-41(50)11-3-1-2-4-12-42(51)47-53/h5-10,13-20,25-26,39-40,43,49,52-53H,1-4,11-12,21-24,27-30H2,(H,46,50)(H,47,51)/t39-,40+,43+/m1/s1. The molecule has 6 rings (SSSR count). The molecule has 2 fully saturated rings. The van der Waals surface area contributed by atoms with Gasteiger partial charge in [-0.3, -0.25) is 14.8 Å². The van der Waals surface area contributed by atoms with Gasteiger partial charge >= 0.3 is 0 Å². The first-order chi connectivity index (χ1) is 26.7. The molecule has 2 heterocycles. The quantitative estimate of drug-likeness (QED) is 0.0449. The van der Waals surface area contributed by atoms with Crippen molar-refractivity contribution < 1.29 is 34.5 Å². The van der Waals surface area contributed by atoms with Crippen LogP contribution in [0.1, 0.15) is 98.0 Å². The molecule has 292 valence electrons. The number of halogens is 1. The monoisotopic (exact) mass is 769 g/mol.